The van der Waals surface area contributed by atoms with Crippen LogP contribution >= 0.6 is 0 Å². The van der Waals surface area contributed by atoms with Crippen LogP contribution in [0.3, 0.4) is 0 Å². The monoisotopic (exact) mass is 448 g/mol. The third kappa shape index (κ3) is 5.03. The van der Waals surface area contributed by atoms with Gasteiger partial charge in [0, 0.05) is 25.3 Å². The van der Waals surface area contributed by atoms with Crippen LogP contribution in [0.4, 0.5) is 22.0 Å². The van der Waals surface area contributed by atoms with Gasteiger partial charge >= 0.3 is 6.09 Å². The van der Waals surface area contributed by atoms with Crippen LogP contribution in [-0.4, -0.2) is 47.1 Å². The van der Waals surface area contributed by atoms with E-state index < -0.39 is 4.92 Å². The van der Waals surface area contributed by atoms with E-state index in [2.05, 4.69) is 4.98 Å². The lowest BCUT2D eigenvalue weighted by atomic mass is 10.1. The summed E-state index contributed by atoms with van der Waals surface area (Å²) in [5.74, 6) is 2.03. The van der Waals surface area contributed by atoms with E-state index in [9.17, 15) is 14.9 Å². The summed E-state index contributed by atoms with van der Waals surface area (Å²) >= 11 is 0. The molecule has 1 atom stereocenters. The highest BCUT2D eigenvalue weighted by Gasteiger charge is 2.29. The Balaban J connectivity index is 1.39. The highest BCUT2D eigenvalue weighted by atomic mass is 16.6. The molecule has 2 aromatic carbocycles. The van der Waals surface area contributed by atoms with Gasteiger partial charge in [-0.05, 0) is 61.4 Å². The summed E-state index contributed by atoms with van der Waals surface area (Å²) in [6.07, 6.45) is 1.70. The number of nitro groups is 1. The minimum Gasteiger partial charge on any atom is -0.457 e. The number of ether oxygens (including phenoxy) is 2. The predicted octanol–water partition coefficient (Wildman–Crippen LogP) is 4.93. The van der Waals surface area contributed by atoms with Crippen LogP contribution in [0.5, 0.6) is 11.5 Å². The number of carbonyl (C=O) groups excluding carboxylic acids is 1. The number of anilines is 2. The lowest BCUT2D eigenvalue weighted by molar-refractivity contribution is -0.385. The number of hydrogen-bond donors (Lipinski definition) is 0. The fourth-order valence-electron chi connectivity index (χ4n) is 3.64. The molecule has 0 saturated carbocycles. The van der Waals surface area contributed by atoms with E-state index in [4.69, 9.17) is 9.47 Å². The van der Waals surface area contributed by atoms with Crippen LogP contribution in [0.2, 0.25) is 0 Å². The molecule has 9 nitrogen and oxygen atoms in total. The average molecular weight is 448 g/mol. The Bertz CT molecular complexity index is 1120. The second kappa shape index (κ2) is 9.56. The summed E-state index contributed by atoms with van der Waals surface area (Å²) in [7, 11) is 1.75. The molecule has 1 aliphatic heterocycles. The van der Waals surface area contributed by atoms with Gasteiger partial charge in [0.15, 0.2) is 0 Å². The third-order valence-electron chi connectivity index (χ3n) is 5.55. The maximum atomic E-state index is 11.5. The second-order valence-electron chi connectivity index (χ2n) is 7.66. The van der Waals surface area contributed by atoms with Gasteiger partial charge in [0.25, 0.3) is 5.69 Å². The van der Waals surface area contributed by atoms with Crippen molar-refractivity contribution in [3.05, 3.63) is 82.5 Å². The van der Waals surface area contributed by atoms with Gasteiger partial charge in [-0.3, -0.25) is 10.1 Å². The van der Waals surface area contributed by atoms with Crippen molar-refractivity contribution < 1.29 is 19.2 Å². The molecular weight excluding hydrogens is 424 g/mol. The van der Waals surface area contributed by atoms with Crippen molar-refractivity contribution in [2.45, 2.75) is 19.4 Å². The summed E-state index contributed by atoms with van der Waals surface area (Å²) in [5.41, 5.74) is 1.96. The molecule has 1 unspecified atom stereocenters. The zero-order valence-corrected chi connectivity index (χ0v) is 18.4. The van der Waals surface area contributed by atoms with Crippen molar-refractivity contribution in [2.24, 2.45) is 0 Å². The molecule has 1 saturated heterocycles. The van der Waals surface area contributed by atoms with Crippen LogP contribution in [0.15, 0.2) is 66.9 Å². The molecule has 3 aromatic rings. The fraction of sp³-hybridized carbons (Fsp3) is 0.250. The van der Waals surface area contributed by atoms with Gasteiger partial charge in [-0.25, -0.2) is 9.78 Å². The minimum atomic E-state index is -0.464. The summed E-state index contributed by atoms with van der Waals surface area (Å²) in [6.45, 7) is 3.05. The molecule has 1 aliphatic rings. The zero-order chi connectivity index (χ0) is 23.4. The highest BCUT2D eigenvalue weighted by Crippen LogP contribution is 2.29. The molecule has 4 rings (SSSR count). The number of amides is 1. The molecule has 1 aromatic heterocycles. The van der Waals surface area contributed by atoms with Crippen LogP contribution < -0.4 is 9.64 Å². The van der Waals surface area contributed by atoms with Crippen molar-refractivity contribution in [1.82, 2.24) is 9.88 Å². The first-order chi connectivity index (χ1) is 15.9. The van der Waals surface area contributed by atoms with Crippen LogP contribution in [0, 0.1) is 10.1 Å². The summed E-state index contributed by atoms with van der Waals surface area (Å²) in [5, 5.41) is 10.8. The van der Waals surface area contributed by atoms with Crippen molar-refractivity contribution in [1.29, 1.82) is 0 Å². The number of cyclic esters (lactones) is 1. The Labute approximate surface area is 191 Å². The fourth-order valence-corrected chi connectivity index (χ4v) is 3.64. The lowest BCUT2D eigenvalue weighted by Gasteiger charge is -2.22. The molecule has 2 heterocycles. The number of rotatable bonds is 8. The Hall–Kier alpha value is -4.14. The van der Waals surface area contributed by atoms with Crippen molar-refractivity contribution >= 4 is 23.3 Å². The molecule has 0 N–H and O–H groups in total. The van der Waals surface area contributed by atoms with E-state index >= 15 is 0 Å². The SMILES string of the molecule is CCN(c1ccc(Oc2ccc(CC3COC(=O)N3C)cc2)cc1)c1ccc([N+](=O)[O-])cn1. The van der Waals surface area contributed by atoms with Gasteiger partial charge in [-0.1, -0.05) is 12.1 Å². The lowest BCUT2D eigenvalue weighted by Crippen LogP contribution is -2.30. The predicted molar refractivity (Wildman–Crippen MR) is 123 cm³/mol. The molecular formula is C24H24N4O5. The Morgan fingerprint density at radius 3 is 2.30 bits per heavy atom. The smallest absolute Gasteiger partial charge is 0.409 e. The summed E-state index contributed by atoms with van der Waals surface area (Å²) < 4.78 is 11.0. The van der Waals surface area contributed by atoms with Crippen LogP contribution in [0.1, 0.15) is 12.5 Å². The first-order valence-electron chi connectivity index (χ1n) is 10.6. The third-order valence-corrected chi connectivity index (χ3v) is 5.55. The number of benzene rings is 2. The maximum Gasteiger partial charge on any atom is 0.409 e. The van der Waals surface area contributed by atoms with Gasteiger partial charge in [0.05, 0.1) is 11.0 Å². The average Bonchev–Trinajstić information content (AvgIpc) is 3.14. The Morgan fingerprint density at radius 2 is 1.79 bits per heavy atom. The molecule has 0 aliphatic carbocycles. The van der Waals surface area contributed by atoms with E-state index in [1.54, 1.807) is 18.0 Å². The molecule has 0 bridgehead atoms. The van der Waals surface area contributed by atoms with Gasteiger partial charge in [0.1, 0.15) is 30.1 Å². The summed E-state index contributed by atoms with van der Waals surface area (Å²) in [6, 6.07) is 18.5. The van der Waals surface area contributed by atoms with Gasteiger partial charge in [0.2, 0.25) is 0 Å². The maximum absolute atomic E-state index is 11.5. The van der Waals surface area contributed by atoms with Crippen LogP contribution in [-0.2, 0) is 11.2 Å². The minimum absolute atomic E-state index is 0.0401. The normalized spacial score (nSPS) is 15.3. The second-order valence-corrected chi connectivity index (χ2v) is 7.66. The van der Waals surface area contributed by atoms with E-state index in [0.29, 0.717) is 30.5 Å². The van der Waals surface area contributed by atoms with Gasteiger partial charge in [-0.2, -0.15) is 0 Å². The first kappa shape index (κ1) is 22.1. The molecule has 170 valence electrons. The quantitative estimate of drug-likeness (QED) is 0.356. The standard InChI is InChI=1S/C24H24N4O5/c1-3-27(23-13-8-19(15-25-23)28(30)31)18-6-11-22(12-7-18)33-21-9-4-17(5-10-21)14-20-16-32-24(29)26(20)2/h4-13,15,20H,3,14,16H2,1-2H3. The van der Waals surface area contributed by atoms with Crippen molar-refractivity contribution in [2.75, 3.05) is 25.1 Å². The highest BCUT2D eigenvalue weighted by molar-refractivity contribution is 5.69. The number of hydrogen-bond acceptors (Lipinski definition) is 7. The number of likely N-dealkylation sites (N-methyl/N-ethyl adjacent to an activating group) is 1. The molecule has 0 radical (unpaired) electrons. The number of pyridine rings is 1. The molecule has 9 heteroatoms. The van der Waals surface area contributed by atoms with Crippen molar-refractivity contribution in [3.63, 3.8) is 0 Å². The molecule has 0 spiro atoms. The topological polar surface area (TPSA) is 98.0 Å². The van der Waals surface area contributed by atoms with Gasteiger partial charge < -0.3 is 19.3 Å². The number of aromatic nitrogens is 1. The van der Waals surface area contributed by atoms with Crippen LogP contribution in [0.25, 0.3) is 0 Å². The largest absolute Gasteiger partial charge is 0.457 e. The summed E-state index contributed by atoms with van der Waals surface area (Å²) in [4.78, 5) is 29.7. The van der Waals surface area contributed by atoms with E-state index in [0.717, 1.165) is 17.7 Å². The Morgan fingerprint density at radius 1 is 1.12 bits per heavy atom. The Kier molecular flexibility index (Phi) is 6.39. The van der Waals surface area contributed by atoms with E-state index in [-0.39, 0.29) is 17.8 Å². The van der Waals surface area contributed by atoms with E-state index in [1.165, 1.54) is 12.3 Å². The number of nitrogens with zero attached hydrogens (tertiary/aromatic N) is 4. The zero-order valence-electron chi connectivity index (χ0n) is 18.4. The molecule has 1 fully saturated rings. The molecule has 33 heavy (non-hydrogen) atoms. The van der Waals surface area contributed by atoms with Gasteiger partial charge in [-0.15, -0.1) is 0 Å². The number of carbonyl (C=O) groups is 1. The molecule has 1 amide bonds. The van der Waals surface area contributed by atoms with E-state index in [1.807, 2.05) is 60.4 Å². The first-order valence-corrected chi connectivity index (χ1v) is 10.6. The van der Waals surface area contributed by atoms with Crippen molar-refractivity contribution in [3.8, 4) is 11.5 Å².